The van der Waals surface area contributed by atoms with Crippen molar-refractivity contribution in [1.29, 1.82) is 0 Å². The SMILES string of the molecule is Cc1ccc[n+](CC(=O)Nc2ccc(Cl)c(Cl)c2)c1C. The van der Waals surface area contributed by atoms with Crippen molar-refractivity contribution in [2.45, 2.75) is 20.4 Å². The first-order valence-electron chi connectivity index (χ1n) is 6.18. The van der Waals surface area contributed by atoms with E-state index in [1.54, 1.807) is 18.2 Å². The summed E-state index contributed by atoms with van der Waals surface area (Å²) in [6.45, 7) is 4.26. The standard InChI is InChI=1S/C15H14Cl2N2O/c1-10-4-3-7-19(11(10)2)9-15(20)18-12-5-6-13(16)14(17)8-12/h3-8H,9H2,1-2H3/p+1. The van der Waals surface area contributed by atoms with E-state index in [9.17, 15) is 4.79 Å². The van der Waals surface area contributed by atoms with Crippen molar-refractivity contribution in [2.24, 2.45) is 0 Å². The highest BCUT2D eigenvalue weighted by Crippen LogP contribution is 2.24. The van der Waals surface area contributed by atoms with Crippen molar-refractivity contribution < 1.29 is 9.36 Å². The summed E-state index contributed by atoms with van der Waals surface area (Å²) >= 11 is 11.8. The quantitative estimate of drug-likeness (QED) is 0.864. The molecule has 1 aromatic carbocycles. The zero-order valence-corrected chi connectivity index (χ0v) is 12.8. The Balaban J connectivity index is 2.09. The predicted octanol–water partition coefficient (Wildman–Crippen LogP) is 3.54. The number of nitrogens with zero attached hydrogens (tertiary/aromatic N) is 1. The second kappa shape index (κ2) is 6.25. The van der Waals surface area contributed by atoms with Crippen LogP contribution in [0, 0.1) is 13.8 Å². The molecule has 0 bridgehead atoms. The Morgan fingerprint density at radius 1 is 1.20 bits per heavy atom. The minimum Gasteiger partial charge on any atom is -0.321 e. The Hall–Kier alpha value is -1.58. The molecular formula is C15H15Cl2N2O+. The van der Waals surface area contributed by atoms with E-state index >= 15 is 0 Å². The highest BCUT2D eigenvalue weighted by molar-refractivity contribution is 6.42. The van der Waals surface area contributed by atoms with Crippen LogP contribution in [0.5, 0.6) is 0 Å². The van der Waals surface area contributed by atoms with Gasteiger partial charge in [-0.15, -0.1) is 0 Å². The van der Waals surface area contributed by atoms with E-state index in [-0.39, 0.29) is 12.5 Å². The number of carbonyl (C=O) groups excluding carboxylic acids is 1. The van der Waals surface area contributed by atoms with E-state index in [2.05, 4.69) is 5.32 Å². The summed E-state index contributed by atoms with van der Waals surface area (Å²) in [6, 6.07) is 8.96. The molecule has 1 aromatic heterocycles. The summed E-state index contributed by atoms with van der Waals surface area (Å²) in [5, 5.41) is 3.69. The number of rotatable bonds is 3. The van der Waals surface area contributed by atoms with Crippen molar-refractivity contribution in [3.05, 3.63) is 57.8 Å². The minimum absolute atomic E-state index is 0.109. The van der Waals surface area contributed by atoms with Gasteiger partial charge in [0.2, 0.25) is 6.54 Å². The molecule has 0 saturated heterocycles. The van der Waals surface area contributed by atoms with Crippen molar-refractivity contribution in [3.63, 3.8) is 0 Å². The van der Waals surface area contributed by atoms with Crippen LogP contribution in [-0.2, 0) is 11.3 Å². The molecule has 0 saturated carbocycles. The normalized spacial score (nSPS) is 10.4. The lowest BCUT2D eigenvalue weighted by molar-refractivity contribution is -0.690. The first kappa shape index (κ1) is 14.8. The van der Waals surface area contributed by atoms with Crippen LogP contribution in [0.3, 0.4) is 0 Å². The molecule has 0 unspecified atom stereocenters. The Labute approximate surface area is 128 Å². The largest absolute Gasteiger partial charge is 0.321 e. The molecular weight excluding hydrogens is 295 g/mol. The van der Waals surface area contributed by atoms with Gasteiger partial charge in [0, 0.05) is 24.2 Å². The van der Waals surface area contributed by atoms with Crippen LogP contribution in [0.4, 0.5) is 5.69 Å². The molecule has 2 aromatic rings. The maximum absolute atomic E-state index is 12.0. The zero-order valence-electron chi connectivity index (χ0n) is 11.3. The molecule has 1 amide bonds. The summed E-state index contributed by atoms with van der Waals surface area (Å²) in [4.78, 5) is 12.0. The monoisotopic (exact) mass is 309 g/mol. The molecule has 5 heteroatoms. The third-order valence-electron chi connectivity index (χ3n) is 3.13. The number of aromatic nitrogens is 1. The average molecular weight is 310 g/mol. The van der Waals surface area contributed by atoms with Gasteiger partial charge in [0.25, 0.3) is 5.91 Å². The first-order valence-corrected chi connectivity index (χ1v) is 6.93. The molecule has 1 heterocycles. The molecule has 0 aliphatic carbocycles. The Bertz CT molecular complexity index is 656. The van der Waals surface area contributed by atoms with Gasteiger partial charge in [-0.1, -0.05) is 23.2 Å². The molecule has 0 spiro atoms. The molecule has 0 aliphatic heterocycles. The van der Waals surface area contributed by atoms with Crippen LogP contribution in [-0.4, -0.2) is 5.91 Å². The second-order valence-electron chi connectivity index (χ2n) is 4.58. The minimum atomic E-state index is -0.109. The summed E-state index contributed by atoms with van der Waals surface area (Å²) in [6.07, 6.45) is 1.89. The Morgan fingerprint density at radius 2 is 1.95 bits per heavy atom. The number of benzene rings is 1. The van der Waals surface area contributed by atoms with Crippen molar-refractivity contribution in [3.8, 4) is 0 Å². The van der Waals surface area contributed by atoms with Crippen LogP contribution in [0.25, 0.3) is 0 Å². The highest BCUT2D eigenvalue weighted by Gasteiger charge is 2.14. The number of nitrogens with one attached hydrogen (secondary N) is 1. The third kappa shape index (κ3) is 3.50. The number of anilines is 1. The molecule has 1 N–H and O–H groups in total. The van der Waals surface area contributed by atoms with Gasteiger partial charge in [-0.2, -0.15) is 4.57 Å². The van der Waals surface area contributed by atoms with Gasteiger partial charge in [0.15, 0.2) is 11.9 Å². The van der Waals surface area contributed by atoms with Gasteiger partial charge in [0.1, 0.15) is 0 Å². The lowest BCUT2D eigenvalue weighted by atomic mass is 10.2. The van der Waals surface area contributed by atoms with Gasteiger partial charge in [-0.05, 0) is 31.2 Å². The summed E-state index contributed by atoms with van der Waals surface area (Å²) in [7, 11) is 0. The topological polar surface area (TPSA) is 33.0 Å². The van der Waals surface area contributed by atoms with Crippen molar-refractivity contribution in [2.75, 3.05) is 5.32 Å². The molecule has 0 atom stereocenters. The summed E-state index contributed by atoms with van der Waals surface area (Å²) < 4.78 is 1.90. The third-order valence-corrected chi connectivity index (χ3v) is 3.87. The lowest BCUT2D eigenvalue weighted by Gasteiger charge is -2.06. The van der Waals surface area contributed by atoms with E-state index in [4.69, 9.17) is 23.2 Å². The lowest BCUT2D eigenvalue weighted by Crippen LogP contribution is -2.43. The molecule has 104 valence electrons. The number of hydrogen-bond donors (Lipinski definition) is 1. The van der Waals surface area contributed by atoms with Crippen molar-refractivity contribution >= 4 is 34.8 Å². The van der Waals surface area contributed by atoms with Crippen LogP contribution >= 0.6 is 23.2 Å². The molecule has 20 heavy (non-hydrogen) atoms. The number of aryl methyl sites for hydroxylation is 1. The van der Waals surface area contributed by atoms with E-state index < -0.39 is 0 Å². The van der Waals surface area contributed by atoms with Gasteiger partial charge in [-0.25, -0.2) is 0 Å². The molecule has 3 nitrogen and oxygen atoms in total. The molecule has 0 radical (unpaired) electrons. The van der Waals surface area contributed by atoms with E-state index in [1.165, 1.54) is 0 Å². The Morgan fingerprint density at radius 3 is 2.65 bits per heavy atom. The molecule has 0 fully saturated rings. The van der Waals surface area contributed by atoms with E-state index in [0.29, 0.717) is 15.7 Å². The molecule has 0 aliphatic rings. The summed E-state index contributed by atoms with van der Waals surface area (Å²) in [5.74, 6) is -0.109. The number of carbonyl (C=O) groups is 1. The van der Waals surface area contributed by atoms with Crippen LogP contribution < -0.4 is 9.88 Å². The van der Waals surface area contributed by atoms with Crippen molar-refractivity contribution in [1.82, 2.24) is 0 Å². The number of amides is 1. The maximum atomic E-state index is 12.0. The van der Waals surface area contributed by atoms with Gasteiger partial charge in [0.05, 0.1) is 10.0 Å². The second-order valence-corrected chi connectivity index (χ2v) is 5.40. The fourth-order valence-corrected chi connectivity index (χ4v) is 2.15. The van der Waals surface area contributed by atoms with Crippen LogP contribution in [0.1, 0.15) is 11.3 Å². The first-order chi connectivity index (χ1) is 9.47. The highest BCUT2D eigenvalue weighted by atomic mass is 35.5. The van der Waals surface area contributed by atoms with E-state index in [1.807, 2.05) is 36.7 Å². The fourth-order valence-electron chi connectivity index (χ4n) is 1.85. The maximum Gasteiger partial charge on any atom is 0.290 e. The van der Waals surface area contributed by atoms with E-state index in [0.717, 1.165) is 11.3 Å². The smallest absolute Gasteiger partial charge is 0.290 e. The zero-order chi connectivity index (χ0) is 14.7. The van der Waals surface area contributed by atoms with Gasteiger partial charge < -0.3 is 5.32 Å². The number of halogens is 2. The fraction of sp³-hybridized carbons (Fsp3) is 0.200. The van der Waals surface area contributed by atoms with Crippen LogP contribution in [0.15, 0.2) is 36.5 Å². The van der Waals surface area contributed by atoms with Gasteiger partial charge in [-0.3, -0.25) is 4.79 Å². The average Bonchev–Trinajstić information content (AvgIpc) is 2.39. The predicted molar refractivity (Wildman–Crippen MR) is 81.2 cm³/mol. The Kier molecular flexibility index (Phi) is 4.63. The molecule has 2 rings (SSSR count). The van der Waals surface area contributed by atoms with Gasteiger partial charge >= 0.3 is 0 Å². The van der Waals surface area contributed by atoms with Crippen LogP contribution in [0.2, 0.25) is 10.0 Å². The number of hydrogen-bond acceptors (Lipinski definition) is 1. The summed E-state index contributed by atoms with van der Waals surface area (Å²) in [5.41, 5.74) is 2.85. The number of pyridine rings is 1.